The molecule has 2 aromatic heterocycles. The second-order valence-electron chi connectivity index (χ2n) is 4.42. The van der Waals surface area contributed by atoms with Crippen molar-refractivity contribution in [1.82, 2.24) is 20.3 Å². The summed E-state index contributed by atoms with van der Waals surface area (Å²) in [6.07, 6.45) is 3.85. The second-order valence-corrected chi connectivity index (χ2v) is 4.42. The van der Waals surface area contributed by atoms with E-state index in [4.69, 9.17) is 0 Å². The molecule has 0 aromatic carbocycles. The Hall–Kier alpha value is -2.50. The molecule has 0 fully saturated rings. The van der Waals surface area contributed by atoms with Crippen molar-refractivity contribution in [1.29, 1.82) is 0 Å². The maximum atomic E-state index is 11.7. The molecule has 0 spiro atoms. The van der Waals surface area contributed by atoms with E-state index in [1.807, 2.05) is 18.2 Å². The Bertz CT molecular complexity index is 637. The molecular weight excluding hydrogens is 256 g/mol. The lowest BCUT2D eigenvalue weighted by Crippen LogP contribution is -2.30. The number of pyridine rings is 1. The topological polar surface area (TPSA) is 87.7 Å². The average molecular weight is 272 g/mol. The van der Waals surface area contributed by atoms with Gasteiger partial charge in [-0.1, -0.05) is 6.07 Å². The van der Waals surface area contributed by atoms with Gasteiger partial charge in [0.25, 0.3) is 5.56 Å². The maximum Gasteiger partial charge on any atom is 0.254 e. The summed E-state index contributed by atoms with van der Waals surface area (Å²) in [5.41, 5.74) is 1.02. The van der Waals surface area contributed by atoms with Gasteiger partial charge in [-0.15, -0.1) is 0 Å². The molecule has 0 saturated heterocycles. The van der Waals surface area contributed by atoms with Crippen molar-refractivity contribution in [2.24, 2.45) is 0 Å². The molecule has 0 aliphatic carbocycles. The van der Waals surface area contributed by atoms with E-state index in [1.165, 1.54) is 6.20 Å². The zero-order valence-corrected chi connectivity index (χ0v) is 11.2. The lowest BCUT2D eigenvalue weighted by Gasteiger charge is -2.04. The predicted molar refractivity (Wildman–Crippen MR) is 74.2 cm³/mol. The molecule has 0 aliphatic rings. The van der Waals surface area contributed by atoms with E-state index < -0.39 is 0 Å². The first-order chi connectivity index (χ1) is 9.65. The van der Waals surface area contributed by atoms with Crippen molar-refractivity contribution in [3.05, 3.63) is 58.0 Å². The lowest BCUT2D eigenvalue weighted by molar-refractivity contribution is -0.120. The first kappa shape index (κ1) is 13.9. The van der Waals surface area contributed by atoms with Crippen LogP contribution in [0.15, 0.2) is 35.4 Å². The van der Waals surface area contributed by atoms with Gasteiger partial charge < -0.3 is 10.3 Å². The molecule has 2 rings (SSSR count). The summed E-state index contributed by atoms with van der Waals surface area (Å²) in [5.74, 6) is 0.339. The minimum Gasteiger partial charge on any atom is -0.355 e. The smallest absolute Gasteiger partial charge is 0.254 e. The van der Waals surface area contributed by atoms with Crippen LogP contribution in [0.3, 0.4) is 0 Å². The Morgan fingerprint density at radius 3 is 2.90 bits per heavy atom. The van der Waals surface area contributed by atoms with Gasteiger partial charge in [-0.05, 0) is 19.1 Å². The highest BCUT2D eigenvalue weighted by molar-refractivity contribution is 5.78. The molecule has 0 unspecified atom stereocenters. The molecular formula is C14H16N4O2. The van der Waals surface area contributed by atoms with Crippen LogP contribution in [0, 0.1) is 6.92 Å². The summed E-state index contributed by atoms with van der Waals surface area (Å²) in [5, 5.41) is 2.76. The fourth-order valence-electron chi connectivity index (χ4n) is 1.75. The molecule has 0 radical (unpaired) electrons. The molecule has 0 atom stereocenters. The summed E-state index contributed by atoms with van der Waals surface area (Å²) in [4.78, 5) is 34.0. The third kappa shape index (κ3) is 4.01. The van der Waals surface area contributed by atoms with Gasteiger partial charge in [-0.25, -0.2) is 4.98 Å². The summed E-state index contributed by atoms with van der Waals surface area (Å²) >= 11 is 0. The largest absolute Gasteiger partial charge is 0.355 e. The summed E-state index contributed by atoms with van der Waals surface area (Å²) < 4.78 is 0. The number of carbonyl (C=O) groups excluding carboxylic acids is 1. The number of hydrogen-bond donors (Lipinski definition) is 2. The highest BCUT2D eigenvalue weighted by Crippen LogP contribution is 1.94. The number of nitrogens with one attached hydrogen (secondary N) is 2. The normalized spacial score (nSPS) is 10.2. The van der Waals surface area contributed by atoms with Crippen molar-refractivity contribution in [2.45, 2.75) is 19.8 Å². The zero-order chi connectivity index (χ0) is 14.4. The van der Waals surface area contributed by atoms with Gasteiger partial charge in [0.1, 0.15) is 5.82 Å². The van der Waals surface area contributed by atoms with Crippen LogP contribution in [-0.4, -0.2) is 27.4 Å². The Morgan fingerprint density at radius 2 is 2.20 bits per heavy atom. The Labute approximate surface area is 116 Å². The van der Waals surface area contributed by atoms with Gasteiger partial charge >= 0.3 is 0 Å². The molecule has 2 aromatic rings. The summed E-state index contributed by atoms with van der Waals surface area (Å²) in [6, 6.07) is 5.65. The quantitative estimate of drug-likeness (QED) is 0.823. The molecule has 1 amide bonds. The van der Waals surface area contributed by atoms with Crippen molar-refractivity contribution in [2.75, 3.05) is 6.54 Å². The lowest BCUT2D eigenvalue weighted by atomic mass is 10.2. The number of carbonyl (C=O) groups is 1. The molecule has 2 heterocycles. The highest BCUT2D eigenvalue weighted by Gasteiger charge is 2.07. The van der Waals surface area contributed by atoms with E-state index in [0.717, 1.165) is 5.69 Å². The van der Waals surface area contributed by atoms with Gasteiger partial charge in [0.2, 0.25) is 5.91 Å². The number of amides is 1. The van der Waals surface area contributed by atoms with Gasteiger partial charge in [0.05, 0.1) is 6.42 Å². The van der Waals surface area contributed by atoms with E-state index in [0.29, 0.717) is 24.4 Å². The van der Waals surface area contributed by atoms with E-state index in [1.54, 1.807) is 13.1 Å². The molecule has 0 bridgehead atoms. The van der Waals surface area contributed by atoms with E-state index >= 15 is 0 Å². The van der Waals surface area contributed by atoms with Crippen LogP contribution in [0.25, 0.3) is 0 Å². The molecule has 6 heteroatoms. The Kier molecular flexibility index (Phi) is 4.60. The number of nitrogens with zero attached hydrogens (tertiary/aromatic N) is 2. The van der Waals surface area contributed by atoms with Gasteiger partial charge in [-0.3, -0.25) is 14.6 Å². The van der Waals surface area contributed by atoms with Crippen molar-refractivity contribution < 1.29 is 4.79 Å². The molecule has 0 saturated carbocycles. The SMILES string of the molecule is Cc1ncc(CC(=O)NCCc2ccccn2)c(=O)[nH]1. The average Bonchev–Trinajstić information content (AvgIpc) is 2.43. The number of rotatable bonds is 5. The van der Waals surface area contributed by atoms with Crippen LogP contribution in [0.2, 0.25) is 0 Å². The van der Waals surface area contributed by atoms with Crippen LogP contribution in [0.1, 0.15) is 17.1 Å². The minimum absolute atomic E-state index is 0.0326. The van der Waals surface area contributed by atoms with Gasteiger partial charge in [0, 0.05) is 36.6 Å². The predicted octanol–water partition coefficient (Wildman–Crippen LogP) is 0.375. The molecule has 104 valence electrons. The summed E-state index contributed by atoms with van der Waals surface area (Å²) in [7, 11) is 0. The number of H-pyrrole nitrogens is 1. The molecule has 6 nitrogen and oxygen atoms in total. The highest BCUT2D eigenvalue weighted by atomic mass is 16.2. The fourth-order valence-corrected chi connectivity index (χ4v) is 1.75. The van der Waals surface area contributed by atoms with Gasteiger partial charge in [0.15, 0.2) is 0 Å². The first-order valence-corrected chi connectivity index (χ1v) is 6.36. The van der Waals surface area contributed by atoms with Crippen LogP contribution >= 0.6 is 0 Å². The Morgan fingerprint density at radius 1 is 1.35 bits per heavy atom. The number of aromatic amines is 1. The third-order valence-electron chi connectivity index (χ3n) is 2.78. The van der Waals surface area contributed by atoms with Crippen LogP contribution in [0.5, 0.6) is 0 Å². The van der Waals surface area contributed by atoms with E-state index in [2.05, 4.69) is 20.3 Å². The van der Waals surface area contributed by atoms with Crippen LogP contribution in [0.4, 0.5) is 0 Å². The zero-order valence-electron chi connectivity index (χ0n) is 11.2. The standard InChI is InChI=1S/C14H16N4O2/c1-10-17-9-11(14(20)18-10)8-13(19)16-7-5-12-4-2-3-6-15-12/h2-4,6,9H,5,7-8H2,1H3,(H,16,19)(H,17,18,20). The number of hydrogen-bond acceptors (Lipinski definition) is 4. The second kappa shape index (κ2) is 6.60. The number of aromatic nitrogens is 3. The molecule has 0 aliphatic heterocycles. The van der Waals surface area contributed by atoms with E-state index in [9.17, 15) is 9.59 Å². The maximum absolute atomic E-state index is 11.7. The van der Waals surface area contributed by atoms with Gasteiger partial charge in [-0.2, -0.15) is 0 Å². The minimum atomic E-state index is -0.266. The monoisotopic (exact) mass is 272 g/mol. The number of aryl methyl sites for hydroxylation is 1. The van der Waals surface area contributed by atoms with E-state index in [-0.39, 0.29) is 17.9 Å². The van der Waals surface area contributed by atoms with Crippen molar-refractivity contribution in [3.8, 4) is 0 Å². The molecule has 20 heavy (non-hydrogen) atoms. The van der Waals surface area contributed by atoms with Crippen LogP contribution in [-0.2, 0) is 17.6 Å². The summed E-state index contributed by atoms with van der Waals surface area (Å²) in [6.45, 7) is 2.19. The molecule has 2 N–H and O–H groups in total. The Balaban J connectivity index is 1.82. The first-order valence-electron chi connectivity index (χ1n) is 6.36. The van der Waals surface area contributed by atoms with Crippen molar-refractivity contribution >= 4 is 5.91 Å². The van der Waals surface area contributed by atoms with Crippen LogP contribution < -0.4 is 10.9 Å². The fraction of sp³-hybridized carbons (Fsp3) is 0.286. The third-order valence-corrected chi connectivity index (χ3v) is 2.78. The van der Waals surface area contributed by atoms with Crippen molar-refractivity contribution in [3.63, 3.8) is 0 Å².